The van der Waals surface area contributed by atoms with Crippen LogP contribution < -0.4 is 5.73 Å². The number of benzene rings is 1. The van der Waals surface area contributed by atoms with Gasteiger partial charge in [0.2, 0.25) is 0 Å². The first-order valence-electron chi connectivity index (χ1n) is 5.07. The third kappa shape index (κ3) is 2.64. The fourth-order valence-corrected chi connectivity index (χ4v) is 1.52. The van der Waals surface area contributed by atoms with Gasteiger partial charge in [-0.2, -0.15) is 13.2 Å². The summed E-state index contributed by atoms with van der Waals surface area (Å²) in [7, 11) is 0. The van der Waals surface area contributed by atoms with E-state index in [4.69, 9.17) is 5.73 Å². The smallest absolute Gasteiger partial charge is 0.381 e. The zero-order valence-electron chi connectivity index (χ0n) is 9.30. The summed E-state index contributed by atoms with van der Waals surface area (Å²) in [6, 6.07) is 2.72. The van der Waals surface area contributed by atoms with Crippen LogP contribution in [-0.2, 0) is 6.18 Å². The average molecular weight is 274 g/mol. The Hall–Kier alpha value is -2.18. The summed E-state index contributed by atoms with van der Waals surface area (Å²) in [4.78, 5) is 3.44. The third-order valence-electron chi connectivity index (χ3n) is 2.47. The van der Waals surface area contributed by atoms with Crippen LogP contribution in [0.2, 0.25) is 0 Å². The van der Waals surface area contributed by atoms with Crippen molar-refractivity contribution in [2.24, 2.45) is 0 Å². The van der Waals surface area contributed by atoms with Crippen LogP contribution in [-0.4, -0.2) is 4.98 Å². The van der Waals surface area contributed by atoms with E-state index in [1.807, 2.05) is 0 Å². The highest BCUT2D eigenvalue weighted by molar-refractivity contribution is 5.65. The van der Waals surface area contributed by atoms with Gasteiger partial charge in [-0.3, -0.25) is 0 Å². The van der Waals surface area contributed by atoms with Gasteiger partial charge >= 0.3 is 6.18 Å². The molecule has 2 aromatic rings. The maximum atomic E-state index is 13.5. The number of nitrogens with two attached hydrogens (primary N) is 1. The van der Waals surface area contributed by atoms with Gasteiger partial charge in [0.1, 0.15) is 5.82 Å². The van der Waals surface area contributed by atoms with Crippen molar-refractivity contribution in [3.63, 3.8) is 0 Å². The lowest BCUT2D eigenvalue weighted by Crippen LogP contribution is -2.05. The summed E-state index contributed by atoms with van der Waals surface area (Å²) < 4.78 is 64.3. The van der Waals surface area contributed by atoms with Crippen LogP contribution in [0.3, 0.4) is 0 Å². The summed E-state index contributed by atoms with van der Waals surface area (Å²) >= 11 is 0. The van der Waals surface area contributed by atoms with Crippen LogP contribution in [0.25, 0.3) is 11.1 Å². The lowest BCUT2D eigenvalue weighted by Gasteiger charge is -2.10. The van der Waals surface area contributed by atoms with E-state index in [1.54, 1.807) is 0 Å². The van der Waals surface area contributed by atoms with E-state index >= 15 is 0 Å². The van der Waals surface area contributed by atoms with Crippen molar-refractivity contribution in [2.45, 2.75) is 6.18 Å². The number of halogens is 5. The lowest BCUT2D eigenvalue weighted by atomic mass is 10.0. The maximum absolute atomic E-state index is 13.5. The van der Waals surface area contributed by atoms with E-state index in [0.29, 0.717) is 18.2 Å². The minimum atomic E-state index is -4.61. The quantitative estimate of drug-likeness (QED) is 0.806. The van der Waals surface area contributed by atoms with E-state index in [1.165, 1.54) is 0 Å². The van der Waals surface area contributed by atoms with Crippen molar-refractivity contribution >= 4 is 5.82 Å². The highest BCUT2D eigenvalue weighted by Gasteiger charge is 2.31. The number of aromatic nitrogens is 1. The number of anilines is 1. The topological polar surface area (TPSA) is 38.9 Å². The molecule has 0 aliphatic rings. The predicted molar refractivity (Wildman–Crippen MR) is 59.0 cm³/mol. The summed E-state index contributed by atoms with van der Waals surface area (Å²) in [5, 5.41) is 0. The molecule has 0 spiro atoms. The van der Waals surface area contributed by atoms with Crippen molar-refractivity contribution in [1.82, 2.24) is 4.98 Å². The molecule has 1 aromatic carbocycles. The summed E-state index contributed by atoms with van der Waals surface area (Å²) in [5.74, 6) is -2.23. The number of nitrogens with zero attached hydrogens (tertiary/aromatic N) is 1. The van der Waals surface area contributed by atoms with Crippen LogP contribution in [0.5, 0.6) is 0 Å². The summed E-state index contributed by atoms with van der Waals surface area (Å²) in [6.07, 6.45) is -3.60. The molecule has 0 amide bonds. The second-order valence-corrected chi connectivity index (χ2v) is 3.78. The van der Waals surface area contributed by atoms with Crippen LogP contribution in [0.15, 0.2) is 30.5 Å². The van der Waals surface area contributed by atoms with Crippen LogP contribution >= 0.6 is 0 Å². The van der Waals surface area contributed by atoms with Crippen molar-refractivity contribution in [3.8, 4) is 11.1 Å². The second-order valence-electron chi connectivity index (χ2n) is 3.78. The van der Waals surface area contributed by atoms with Gasteiger partial charge in [-0.05, 0) is 24.3 Å². The van der Waals surface area contributed by atoms with Gasteiger partial charge in [0, 0.05) is 17.3 Å². The van der Waals surface area contributed by atoms with E-state index in [9.17, 15) is 22.0 Å². The molecule has 0 saturated heterocycles. The molecule has 0 atom stereocenters. The molecule has 100 valence electrons. The van der Waals surface area contributed by atoms with Crippen molar-refractivity contribution in [1.29, 1.82) is 0 Å². The molecule has 2 nitrogen and oxygen atoms in total. The molecule has 0 aliphatic carbocycles. The summed E-state index contributed by atoms with van der Waals surface area (Å²) in [6.45, 7) is 0. The predicted octanol–water partition coefficient (Wildman–Crippen LogP) is 3.63. The maximum Gasteiger partial charge on any atom is 0.416 e. The van der Waals surface area contributed by atoms with Crippen LogP contribution in [0.4, 0.5) is 27.8 Å². The zero-order chi connectivity index (χ0) is 14.2. The van der Waals surface area contributed by atoms with E-state index in [0.717, 1.165) is 12.3 Å². The lowest BCUT2D eigenvalue weighted by molar-refractivity contribution is -0.137. The van der Waals surface area contributed by atoms with Gasteiger partial charge in [-0.25, -0.2) is 13.8 Å². The molecular weight excluding hydrogens is 267 g/mol. The van der Waals surface area contributed by atoms with Crippen LogP contribution in [0.1, 0.15) is 5.56 Å². The monoisotopic (exact) mass is 274 g/mol. The first-order chi connectivity index (χ1) is 8.79. The first kappa shape index (κ1) is 13.3. The Morgan fingerprint density at radius 3 is 2.26 bits per heavy atom. The largest absolute Gasteiger partial charge is 0.416 e. The van der Waals surface area contributed by atoms with Gasteiger partial charge < -0.3 is 5.73 Å². The fraction of sp³-hybridized carbons (Fsp3) is 0.0833. The highest BCUT2D eigenvalue weighted by Crippen LogP contribution is 2.33. The highest BCUT2D eigenvalue weighted by atomic mass is 19.4. The standard InChI is InChI=1S/C12H7F5N2/c13-9-2-1-7(12(15,16)17)4-8(9)6-3-10(14)11(18)19-5-6/h1-5H,(H2,18,19). The Balaban J connectivity index is 2.58. The van der Waals surface area contributed by atoms with Crippen molar-refractivity contribution in [2.75, 3.05) is 5.73 Å². The molecule has 0 bridgehead atoms. The Morgan fingerprint density at radius 1 is 1.00 bits per heavy atom. The molecule has 0 fully saturated rings. The number of hydrogen-bond acceptors (Lipinski definition) is 2. The number of alkyl halides is 3. The molecule has 2 N–H and O–H groups in total. The third-order valence-corrected chi connectivity index (χ3v) is 2.47. The summed E-state index contributed by atoms with van der Waals surface area (Å²) in [5.41, 5.74) is 3.61. The first-order valence-corrected chi connectivity index (χ1v) is 5.07. The minimum absolute atomic E-state index is 0.115. The second kappa shape index (κ2) is 4.49. The molecule has 0 unspecified atom stereocenters. The number of rotatable bonds is 1. The van der Waals surface area contributed by atoms with E-state index < -0.39 is 29.2 Å². The van der Waals surface area contributed by atoms with E-state index in [-0.39, 0.29) is 11.1 Å². The Labute approximate surface area is 104 Å². The number of nitrogen functional groups attached to an aromatic ring is 1. The molecule has 0 radical (unpaired) electrons. The Kier molecular flexibility index (Phi) is 3.13. The van der Waals surface area contributed by atoms with Gasteiger partial charge in [-0.1, -0.05) is 0 Å². The van der Waals surface area contributed by atoms with E-state index in [2.05, 4.69) is 4.98 Å². The van der Waals surface area contributed by atoms with Gasteiger partial charge in [0.25, 0.3) is 0 Å². The molecule has 0 aliphatic heterocycles. The van der Waals surface area contributed by atoms with Gasteiger partial charge in [0.05, 0.1) is 5.56 Å². The number of hydrogen-bond donors (Lipinski definition) is 1. The Bertz CT molecular complexity index is 622. The zero-order valence-corrected chi connectivity index (χ0v) is 9.30. The molecule has 0 saturated carbocycles. The minimum Gasteiger partial charge on any atom is -0.381 e. The molecule has 19 heavy (non-hydrogen) atoms. The normalized spacial score (nSPS) is 11.6. The van der Waals surface area contributed by atoms with Crippen LogP contribution in [0, 0.1) is 11.6 Å². The fourth-order valence-electron chi connectivity index (χ4n) is 1.52. The number of pyridine rings is 1. The average Bonchev–Trinajstić information content (AvgIpc) is 2.32. The Morgan fingerprint density at radius 2 is 1.68 bits per heavy atom. The van der Waals surface area contributed by atoms with Gasteiger partial charge in [-0.15, -0.1) is 0 Å². The molecule has 1 heterocycles. The van der Waals surface area contributed by atoms with Crippen molar-refractivity contribution < 1.29 is 22.0 Å². The molecule has 2 rings (SSSR count). The molecule has 7 heteroatoms. The van der Waals surface area contributed by atoms with Crippen molar-refractivity contribution in [3.05, 3.63) is 47.7 Å². The molecule has 1 aromatic heterocycles. The molecular formula is C12H7F5N2. The van der Waals surface area contributed by atoms with Gasteiger partial charge in [0.15, 0.2) is 11.6 Å². The SMILES string of the molecule is Nc1ncc(-c2cc(C(F)(F)F)ccc2F)cc1F.